The number of urea groups is 1. The molecule has 2 aliphatic rings. The molecule has 3 amide bonds. The first-order chi connectivity index (χ1) is 16.3. The summed E-state index contributed by atoms with van der Waals surface area (Å²) in [6.45, 7) is 9.73. The molecule has 1 N–H and O–H groups in total. The molecule has 2 fully saturated rings. The molecule has 1 aliphatic carbocycles. The molecule has 2 unspecified atom stereocenters. The van der Waals surface area contributed by atoms with Gasteiger partial charge in [-0.25, -0.2) is 17.9 Å². The van der Waals surface area contributed by atoms with Gasteiger partial charge in [0.1, 0.15) is 0 Å². The molecular formula is C27H35N3O4S. The standard InChI is InChI=1S/C27H35N3O4S/c1-19-6-12-23(13-7-19)35(33,34)28-25(32)29(5)16-20-8-10-21(11-9-20)24(31)30-18-27(4)15-22(30)14-26(2,3)17-27/h6-13,22H,14-18H2,1-5H3,(H,28,32). The summed E-state index contributed by atoms with van der Waals surface area (Å²) in [6.07, 6.45) is 3.22. The zero-order valence-electron chi connectivity index (χ0n) is 21.2. The maximum absolute atomic E-state index is 13.3. The highest BCUT2D eigenvalue weighted by molar-refractivity contribution is 7.90. The van der Waals surface area contributed by atoms with Crippen molar-refractivity contribution in [1.29, 1.82) is 0 Å². The number of likely N-dealkylation sites (tertiary alicyclic amines) is 1. The minimum Gasteiger partial charge on any atom is -0.335 e. The molecule has 1 aliphatic heterocycles. The Balaban J connectivity index is 1.38. The van der Waals surface area contributed by atoms with Crippen LogP contribution in [-0.2, 0) is 16.6 Å². The second kappa shape index (κ2) is 8.97. The van der Waals surface area contributed by atoms with Crippen LogP contribution in [0.1, 0.15) is 61.5 Å². The van der Waals surface area contributed by atoms with E-state index in [1.807, 2.05) is 24.0 Å². The van der Waals surface area contributed by atoms with Crippen molar-refractivity contribution in [3.63, 3.8) is 0 Å². The van der Waals surface area contributed by atoms with Gasteiger partial charge < -0.3 is 9.80 Å². The summed E-state index contributed by atoms with van der Waals surface area (Å²) in [6, 6.07) is 13.1. The van der Waals surface area contributed by atoms with Crippen LogP contribution in [0.5, 0.6) is 0 Å². The second-order valence-corrected chi connectivity index (χ2v) is 13.1. The Morgan fingerprint density at radius 2 is 1.66 bits per heavy atom. The minimum absolute atomic E-state index is 0.0383. The number of nitrogens with one attached hydrogen (secondary N) is 1. The van der Waals surface area contributed by atoms with Gasteiger partial charge in [-0.05, 0) is 66.8 Å². The van der Waals surface area contributed by atoms with E-state index in [9.17, 15) is 18.0 Å². The highest BCUT2D eigenvalue weighted by Gasteiger charge is 2.51. The van der Waals surface area contributed by atoms with Crippen LogP contribution >= 0.6 is 0 Å². The number of aryl methyl sites for hydroxylation is 1. The van der Waals surface area contributed by atoms with Crippen molar-refractivity contribution >= 4 is 22.0 Å². The maximum atomic E-state index is 13.3. The van der Waals surface area contributed by atoms with Crippen molar-refractivity contribution in [3.05, 3.63) is 65.2 Å². The lowest BCUT2D eigenvalue weighted by atomic mass is 9.65. The summed E-state index contributed by atoms with van der Waals surface area (Å²) in [4.78, 5) is 29.2. The molecule has 188 valence electrons. The first-order valence-corrected chi connectivity index (χ1v) is 13.5. The summed E-state index contributed by atoms with van der Waals surface area (Å²) in [5.74, 6) is 0.0539. The number of carbonyl (C=O) groups is 2. The number of rotatable bonds is 5. The zero-order valence-corrected chi connectivity index (χ0v) is 22.0. The molecule has 8 heteroatoms. The van der Waals surface area contributed by atoms with E-state index < -0.39 is 16.1 Å². The Morgan fingerprint density at radius 3 is 2.29 bits per heavy atom. The molecule has 2 bridgehead atoms. The first-order valence-electron chi connectivity index (χ1n) is 12.0. The molecule has 35 heavy (non-hydrogen) atoms. The van der Waals surface area contributed by atoms with E-state index in [4.69, 9.17) is 0 Å². The number of sulfonamides is 1. The van der Waals surface area contributed by atoms with Crippen molar-refractivity contribution in [2.75, 3.05) is 13.6 Å². The van der Waals surface area contributed by atoms with Gasteiger partial charge in [0.15, 0.2) is 0 Å². The van der Waals surface area contributed by atoms with Gasteiger partial charge in [-0.1, -0.05) is 50.6 Å². The summed E-state index contributed by atoms with van der Waals surface area (Å²) in [7, 11) is -2.42. The largest absolute Gasteiger partial charge is 0.335 e. The summed E-state index contributed by atoms with van der Waals surface area (Å²) >= 11 is 0. The minimum atomic E-state index is -3.95. The number of amides is 3. The number of carbonyl (C=O) groups excluding carboxylic acids is 2. The Bertz CT molecular complexity index is 1220. The normalized spacial score (nSPS) is 23.1. The third kappa shape index (κ3) is 5.53. The van der Waals surface area contributed by atoms with Gasteiger partial charge in [-0.3, -0.25) is 4.79 Å². The highest BCUT2D eigenvalue weighted by atomic mass is 32.2. The fourth-order valence-electron chi connectivity index (χ4n) is 5.93. The smallest absolute Gasteiger partial charge is 0.331 e. The van der Waals surface area contributed by atoms with Gasteiger partial charge in [0.2, 0.25) is 0 Å². The highest BCUT2D eigenvalue weighted by Crippen LogP contribution is 2.52. The molecule has 2 aromatic carbocycles. The number of fused-ring (bicyclic) bond motifs is 2. The summed E-state index contributed by atoms with van der Waals surface area (Å²) in [5.41, 5.74) is 2.79. The number of hydrogen-bond acceptors (Lipinski definition) is 4. The van der Waals surface area contributed by atoms with Gasteiger partial charge in [0, 0.05) is 31.7 Å². The maximum Gasteiger partial charge on any atom is 0.331 e. The monoisotopic (exact) mass is 497 g/mol. The SMILES string of the molecule is Cc1ccc(S(=O)(=O)NC(=O)N(C)Cc2ccc(C(=O)N3CC4(C)CC3CC(C)(C)C4)cc2)cc1. The number of hydrogen-bond donors (Lipinski definition) is 1. The lowest BCUT2D eigenvalue weighted by Crippen LogP contribution is -2.40. The molecule has 2 atom stereocenters. The van der Waals surface area contributed by atoms with E-state index in [0.717, 1.165) is 36.9 Å². The molecule has 1 saturated carbocycles. The van der Waals surface area contributed by atoms with E-state index in [2.05, 4.69) is 25.5 Å². The Hall–Kier alpha value is -2.87. The Kier molecular flexibility index (Phi) is 6.47. The second-order valence-electron chi connectivity index (χ2n) is 11.4. The fraction of sp³-hybridized carbons (Fsp3) is 0.481. The number of nitrogens with zero attached hydrogens (tertiary/aromatic N) is 2. The van der Waals surface area contributed by atoms with Crippen LogP contribution in [0.15, 0.2) is 53.4 Å². The van der Waals surface area contributed by atoms with Crippen LogP contribution in [-0.4, -0.2) is 49.8 Å². The Labute approximate surface area is 208 Å². The van der Waals surface area contributed by atoms with Crippen LogP contribution in [0, 0.1) is 17.8 Å². The molecule has 4 rings (SSSR count). The quantitative estimate of drug-likeness (QED) is 0.656. The van der Waals surface area contributed by atoms with E-state index in [0.29, 0.717) is 5.56 Å². The molecule has 0 spiro atoms. The van der Waals surface area contributed by atoms with Crippen LogP contribution in [0.25, 0.3) is 0 Å². The summed E-state index contributed by atoms with van der Waals surface area (Å²) < 4.78 is 27.1. The van der Waals surface area contributed by atoms with Crippen molar-refractivity contribution in [1.82, 2.24) is 14.5 Å². The van der Waals surface area contributed by atoms with E-state index in [-0.39, 0.29) is 34.2 Å². The third-order valence-corrected chi connectivity index (χ3v) is 8.53. The van der Waals surface area contributed by atoms with Crippen molar-refractivity contribution in [2.45, 2.75) is 64.4 Å². The van der Waals surface area contributed by atoms with Gasteiger partial charge >= 0.3 is 6.03 Å². The van der Waals surface area contributed by atoms with Gasteiger partial charge in [0.05, 0.1) is 4.90 Å². The zero-order chi connectivity index (χ0) is 25.6. The summed E-state index contributed by atoms with van der Waals surface area (Å²) in [5, 5.41) is 0. The molecular weight excluding hydrogens is 462 g/mol. The lowest BCUT2D eigenvalue weighted by Gasteiger charge is -2.39. The van der Waals surface area contributed by atoms with Crippen molar-refractivity contribution in [3.8, 4) is 0 Å². The van der Waals surface area contributed by atoms with E-state index in [1.54, 1.807) is 24.3 Å². The first kappa shape index (κ1) is 25.2. The van der Waals surface area contributed by atoms with Crippen LogP contribution < -0.4 is 4.72 Å². The third-order valence-electron chi connectivity index (χ3n) is 7.20. The topological polar surface area (TPSA) is 86.8 Å². The van der Waals surface area contributed by atoms with Gasteiger partial charge in [-0.2, -0.15) is 0 Å². The van der Waals surface area contributed by atoms with Crippen molar-refractivity contribution < 1.29 is 18.0 Å². The van der Waals surface area contributed by atoms with Crippen LogP contribution in [0.2, 0.25) is 0 Å². The van der Waals surface area contributed by atoms with E-state index in [1.165, 1.54) is 24.1 Å². The van der Waals surface area contributed by atoms with Crippen LogP contribution in [0.4, 0.5) is 4.79 Å². The lowest BCUT2D eigenvalue weighted by molar-refractivity contribution is 0.0708. The molecule has 0 radical (unpaired) electrons. The van der Waals surface area contributed by atoms with Gasteiger partial charge in [0.25, 0.3) is 15.9 Å². The predicted molar refractivity (Wildman–Crippen MR) is 135 cm³/mol. The Morgan fingerprint density at radius 1 is 1.03 bits per heavy atom. The fourth-order valence-corrected chi connectivity index (χ4v) is 6.93. The number of benzene rings is 2. The molecule has 1 saturated heterocycles. The molecule has 0 aromatic heterocycles. The predicted octanol–water partition coefficient (Wildman–Crippen LogP) is 4.57. The molecule has 2 aromatic rings. The molecule has 7 nitrogen and oxygen atoms in total. The average Bonchev–Trinajstić information content (AvgIpc) is 3.02. The van der Waals surface area contributed by atoms with Gasteiger partial charge in [-0.15, -0.1) is 0 Å². The van der Waals surface area contributed by atoms with E-state index >= 15 is 0 Å². The molecule has 1 heterocycles. The van der Waals surface area contributed by atoms with Crippen LogP contribution in [0.3, 0.4) is 0 Å². The van der Waals surface area contributed by atoms with Crippen molar-refractivity contribution in [2.24, 2.45) is 10.8 Å². The average molecular weight is 498 g/mol.